The molecule has 1 aromatic heterocycles. The largest absolute Gasteiger partial charge is 0.327 e. The summed E-state index contributed by atoms with van der Waals surface area (Å²) in [6, 6.07) is 0. The van der Waals surface area contributed by atoms with E-state index in [0.29, 0.717) is 0 Å². The van der Waals surface area contributed by atoms with Gasteiger partial charge in [0.1, 0.15) is 0 Å². The lowest BCUT2D eigenvalue weighted by Crippen LogP contribution is -2.26. The molecule has 66 valence electrons. The van der Waals surface area contributed by atoms with Crippen LogP contribution in [0, 0.1) is 0 Å². The van der Waals surface area contributed by atoms with Crippen molar-refractivity contribution >= 4 is 11.5 Å². The molecule has 0 saturated carbocycles. The van der Waals surface area contributed by atoms with Gasteiger partial charge in [-0.25, -0.2) is 4.79 Å². The van der Waals surface area contributed by atoms with Crippen LogP contribution in [0.3, 0.4) is 0 Å². The molecule has 1 aromatic rings. The number of hydrogen-bond donors (Lipinski definition) is 6. The Balaban J connectivity index is 3.44. The van der Waals surface area contributed by atoms with E-state index in [1.807, 2.05) is 9.97 Å². The van der Waals surface area contributed by atoms with Gasteiger partial charge in [0.05, 0.1) is 0 Å². The van der Waals surface area contributed by atoms with Gasteiger partial charge in [0.15, 0.2) is 11.5 Å². The van der Waals surface area contributed by atoms with Gasteiger partial charge < -0.3 is 0 Å². The van der Waals surface area contributed by atoms with Crippen LogP contribution in [0.5, 0.6) is 0 Å². The Labute approximate surface area is 64.8 Å². The highest BCUT2D eigenvalue weighted by Crippen LogP contribution is 2.07. The topological polar surface area (TPSA) is 130 Å². The molecule has 8 nitrogen and oxygen atoms in total. The first-order chi connectivity index (χ1) is 5.69. The summed E-state index contributed by atoms with van der Waals surface area (Å²) in [5.41, 5.74) is 1.01. The highest BCUT2D eigenvalue weighted by Gasteiger charge is 2.06. The van der Waals surface area contributed by atoms with E-state index in [2.05, 4.69) is 0 Å². The summed E-state index contributed by atoms with van der Waals surface area (Å²) in [4.78, 5) is 25.2. The van der Waals surface area contributed by atoms with Gasteiger partial charge >= 0.3 is 5.69 Å². The van der Waals surface area contributed by atoms with Crippen molar-refractivity contribution in [2.24, 2.45) is 0 Å². The van der Waals surface area contributed by atoms with Gasteiger partial charge in [0.25, 0.3) is 5.56 Å². The number of anilines is 2. The average molecular weight is 174 g/mol. The summed E-state index contributed by atoms with van der Waals surface area (Å²) in [5.74, 6) is -0.314. The average Bonchev–Trinajstić information content (AvgIpc) is 2.03. The molecule has 0 atom stereocenters. The Kier molecular flexibility index (Phi) is 2.12. The van der Waals surface area contributed by atoms with Crippen molar-refractivity contribution < 1.29 is 10.4 Å². The van der Waals surface area contributed by atoms with Gasteiger partial charge in [-0.15, -0.1) is 0 Å². The molecule has 0 aromatic carbocycles. The monoisotopic (exact) mass is 174 g/mol. The predicted octanol–water partition coefficient (Wildman–Crippen LogP) is -1.33. The molecule has 0 bridgehead atoms. The van der Waals surface area contributed by atoms with Crippen LogP contribution in [0.4, 0.5) is 11.5 Å². The van der Waals surface area contributed by atoms with Crippen LogP contribution in [0.2, 0.25) is 0 Å². The summed E-state index contributed by atoms with van der Waals surface area (Å²) in [7, 11) is 0. The second kappa shape index (κ2) is 3.07. The molecular weight excluding hydrogens is 168 g/mol. The molecule has 1 rings (SSSR count). The van der Waals surface area contributed by atoms with Crippen LogP contribution in [-0.4, -0.2) is 20.4 Å². The first-order valence-corrected chi connectivity index (χ1v) is 2.86. The normalized spacial score (nSPS) is 9.50. The third kappa shape index (κ3) is 1.28. The molecule has 12 heavy (non-hydrogen) atoms. The molecule has 0 saturated heterocycles. The Bertz CT molecular complexity index is 379. The van der Waals surface area contributed by atoms with Crippen molar-refractivity contribution in [3.8, 4) is 0 Å². The lowest BCUT2D eigenvalue weighted by molar-refractivity contribution is 0.374. The van der Waals surface area contributed by atoms with Crippen LogP contribution in [-0.2, 0) is 0 Å². The van der Waals surface area contributed by atoms with E-state index in [4.69, 9.17) is 10.4 Å². The van der Waals surface area contributed by atoms with Gasteiger partial charge in [0.2, 0.25) is 0 Å². The quantitative estimate of drug-likeness (QED) is 0.308. The van der Waals surface area contributed by atoms with E-state index in [9.17, 15) is 9.59 Å². The molecule has 0 aliphatic carbocycles. The second-order valence-corrected chi connectivity index (χ2v) is 1.88. The van der Waals surface area contributed by atoms with Gasteiger partial charge in [0, 0.05) is 0 Å². The van der Waals surface area contributed by atoms with Gasteiger partial charge in [-0.2, -0.15) is 0 Å². The van der Waals surface area contributed by atoms with Gasteiger partial charge in [-0.3, -0.25) is 36.1 Å². The minimum Gasteiger partial charge on any atom is -0.291 e. The molecule has 8 heteroatoms. The third-order valence-corrected chi connectivity index (χ3v) is 1.17. The van der Waals surface area contributed by atoms with Crippen molar-refractivity contribution in [2.75, 3.05) is 11.0 Å². The summed E-state index contributed by atoms with van der Waals surface area (Å²) in [5, 5.41) is 16.8. The first-order valence-electron chi connectivity index (χ1n) is 2.86. The standard InChI is InChI=1S/C4H6N4O4/c9-3-1(7-11)2(8-12)5-4(10)6-3/h7,11-12H,(H3,5,6,8,9,10). The van der Waals surface area contributed by atoms with E-state index >= 15 is 0 Å². The SMILES string of the molecule is O=c1[nH]c(NO)c(NO)c(=O)[nH]1. The van der Waals surface area contributed by atoms with Crippen LogP contribution < -0.4 is 22.2 Å². The van der Waals surface area contributed by atoms with E-state index in [1.165, 1.54) is 11.0 Å². The molecule has 0 fully saturated rings. The van der Waals surface area contributed by atoms with Crippen molar-refractivity contribution in [3.63, 3.8) is 0 Å². The maximum atomic E-state index is 10.8. The lowest BCUT2D eigenvalue weighted by Gasteiger charge is -2.02. The number of H-pyrrole nitrogens is 2. The smallest absolute Gasteiger partial charge is 0.291 e. The van der Waals surface area contributed by atoms with Crippen LogP contribution >= 0.6 is 0 Å². The second-order valence-electron chi connectivity index (χ2n) is 1.88. The maximum absolute atomic E-state index is 10.8. The summed E-state index contributed by atoms with van der Waals surface area (Å²) < 4.78 is 0. The van der Waals surface area contributed by atoms with Gasteiger partial charge in [-0.05, 0) is 0 Å². The lowest BCUT2D eigenvalue weighted by atomic mass is 10.5. The molecule has 0 unspecified atom stereocenters. The van der Waals surface area contributed by atoms with Crippen molar-refractivity contribution in [1.29, 1.82) is 0 Å². The number of aromatic amines is 2. The fraction of sp³-hybridized carbons (Fsp3) is 0. The maximum Gasteiger partial charge on any atom is 0.327 e. The molecule has 0 radical (unpaired) electrons. The highest BCUT2D eigenvalue weighted by atomic mass is 16.5. The number of nitrogens with one attached hydrogen (secondary N) is 4. The highest BCUT2D eigenvalue weighted by molar-refractivity contribution is 5.59. The zero-order valence-electron chi connectivity index (χ0n) is 5.71. The van der Waals surface area contributed by atoms with Gasteiger partial charge in [-0.1, -0.05) is 0 Å². The molecule has 0 amide bonds. The minimum atomic E-state index is -0.849. The summed E-state index contributed by atoms with van der Waals surface area (Å²) >= 11 is 0. The zero-order valence-corrected chi connectivity index (χ0v) is 5.71. The molecule has 0 spiro atoms. The Morgan fingerprint density at radius 1 is 1.08 bits per heavy atom. The van der Waals surface area contributed by atoms with E-state index in [1.54, 1.807) is 0 Å². The summed E-state index contributed by atoms with van der Waals surface area (Å²) in [6.45, 7) is 0. The molecule has 6 N–H and O–H groups in total. The molecule has 0 aliphatic rings. The molecule has 1 heterocycles. The van der Waals surface area contributed by atoms with Crippen LogP contribution in [0.15, 0.2) is 9.59 Å². The molecular formula is C4H6N4O4. The van der Waals surface area contributed by atoms with Crippen molar-refractivity contribution in [1.82, 2.24) is 9.97 Å². The number of aromatic nitrogens is 2. The Morgan fingerprint density at radius 2 is 1.75 bits per heavy atom. The Hall–Kier alpha value is -1.80. The van der Waals surface area contributed by atoms with E-state index in [-0.39, 0.29) is 11.5 Å². The van der Waals surface area contributed by atoms with Crippen LogP contribution in [0.1, 0.15) is 0 Å². The molecule has 0 aliphatic heterocycles. The van der Waals surface area contributed by atoms with Crippen LogP contribution in [0.25, 0.3) is 0 Å². The summed E-state index contributed by atoms with van der Waals surface area (Å²) in [6.07, 6.45) is 0. The number of rotatable bonds is 2. The number of hydrogen-bond acceptors (Lipinski definition) is 6. The first kappa shape index (κ1) is 8.30. The predicted molar refractivity (Wildman–Crippen MR) is 38.5 cm³/mol. The van der Waals surface area contributed by atoms with Crippen molar-refractivity contribution in [2.45, 2.75) is 0 Å². The fourth-order valence-electron chi connectivity index (χ4n) is 0.677. The van der Waals surface area contributed by atoms with Crippen molar-refractivity contribution in [3.05, 3.63) is 20.8 Å². The fourth-order valence-corrected chi connectivity index (χ4v) is 0.677. The zero-order chi connectivity index (χ0) is 9.14. The minimum absolute atomic E-state index is 0.314. The van der Waals surface area contributed by atoms with E-state index < -0.39 is 11.2 Å². The third-order valence-electron chi connectivity index (χ3n) is 1.17. The van der Waals surface area contributed by atoms with E-state index in [0.717, 1.165) is 0 Å². The Morgan fingerprint density at radius 3 is 2.25 bits per heavy atom.